The number of pyridine rings is 1. The Labute approximate surface area is 111 Å². The zero-order valence-corrected chi connectivity index (χ0v) is 10.8. The average Bonchev–Trinajstić information content (AvgIpc) is 2.42. The first-order valence-electron chi connectivity index (χ1n) is 6.13. The first-order valence-corrected chi connectivity index (χ1v) is 6.13. The van der Waals surface area contributed by atoms with Crippen LogP contribution in [0.25, 0.3) is 0 Å². The van der Waals surface area contributed by atoms with Gasteiger partial charge >= 0.3 is 0 Å². The molecule has 0 fully saturated rings. The topological polar surface area (TPSA) is 51.1 Å². The van der Waals surface area contributed by atoms with E-state index in [0.717, 1.165) is 11.1 Å². The van der Waals surface area contributed by atoms with Crippen LogP contribution >= 0.6 is 0 Å². The molecular formula is C15H16N2O2. The van der Waals surface area contributed by atoms with E-state index >= 15 is 0 Å². The van der Waals surface area contributed by atoms with Gasteiger partial charge in [0.15, 0.2) is 0 Å². The number of rotatable bonds is 4. The fourth-order valence-electron chi connectivity index (χ4n) is 1.78. The fourth-order valence-corrected chi connectivity index (χ4v) is 1.78. The maximum Gasteiger partial charge on any atom is 0.251 e. The summed E-state index contributed by atoms with van der Waals surface area (Å²) in [6.07, 6.45) is 1.68. The van der Waals surface area contributed by atoms with Crippen LogP contribution in [0.1, 0.15) is 11.1 Å². The molecule has 1 N–H and O–H groups in total. The maximum atomic E-state index is 11.8. The Balaban J connectivity index is 1.95. The van der Waals surface area contributed by atoms with E-state index in [1.807, 2.05) is 37.3 Å². The number of carbonyl (C=O) groups excluding carboxylic acids is 1. The number of amides is 1. The molecule has 0 bridgehead atoms. The second kappa shape index (κ2) is 6.00. The molecule has 0 atom stereocenters. The predicted octanol–water partition coefficient (Wildman–Crippen LogP) is 1.47. The van der Waals surface area contributed by atoms with Crippen LogP contribution in [-0.4, -0.2) is 10.5 Å². The lowest BCUT2D eigenvalue weighted by Gasteiger charge is -2.08. The Bertz CT molecular complexity index is 618. The van der Waals surface area contributed by atoms with Crippen LogP contribution < -0.4 is 10.9 Å². The molecule has 19 heavy (non-hydrogen) atoms. The first-order chi connectivity index (χ1) is 9.15. The first kappa shape index (κ1) is 13.1. The van der Waals surface area contributed by atoms with Crippen LogP contribution in [0.15, 0.2) is 53.5 Å². The number of benzene rings is 1. The van der Waals surface area contributed by atoms with Crippen LogP contribution in [0.2, 0.25) is 0 Å². The lowest BCUT2D eigenvalue weighted by Crippen LogP contribution is -2.31. The molecule has 0 aliphatic heterocycles. The summed E-state index contributed by atoms with van der Waals surface area (Å²) in [6, 6.07) is 12.9. The molecular weight excluding hydrogens is 240 g/mol. The highest BCUT2D eigenvalue weighted by Gasteiger charge is 2.04. The summed E-state index contributed by atoms with van der Waals surface area (Å²) in [5.74, 6) is -0.170. The lowest BCUT2D eigenvalue weighted by atomic mass is 10.2. The van der Waals surface area contributed by atoms with Crippen molar-refractivity contribution in [1.82, 2.24) is 9.88 Å². The number of carbonyl (C=O) groups is 1. The van der Waals surface area contributed by atoms with Crippen molar-refractivity contribution in [2.24, 2.45) is 0 Å². The Morgan fingerprint density at radius 1 is 1.16 bits per heavy atom. The smallest absolute Gasteiger partial charge is 0.251 e. The summed E-state index contributed by atoms with van der Waals surface area (Å²) >= 11 is 0. The number of nitrogens with zero attached hydrogens (tertiary/aromatic N) is 1. The van der Waals surface area contributed by atoms with E-state index in [1.165, 1.54) is 10.6 Å². The van der Waals surface area contributed by atoms with Crippen molar-refractivity contribution < 1.29 is 4.79 Å². The summed E-state index contributed by atoms with van der Waals surface area (Å²) in [7, 11) is 0. The molecule has 0 spiro atoms. The van der Waals surface area contributed by atoms with Crippen molar-refractivity contribution in [1.29, 1.82) is 0 Å². The number of hydrogen-bond donors (Lipinski definition) is 1. The van der Waals surface area contributed by atoms with Gasteiger partial charge in [-0.05, 0) is 18.1 Å². The van der Waals surface area contributed by atoms with E-state index in [-0.39, 0.29) is 18.0 Å². The summed E-state index contributed by atoms with van der Waals surface area (Å²) in [6.45, 7) is 2.41. The Morgan fingerprint density at radius 3 is 2.63 bits per heavy atom. The zero-order valence-electron chi connectivity index (χ0n) is 10.8. The van der Waals surface area contributed by atoms with Gasteiger partial charge in [-0.25, -0.2) is 0 Å². The number of nitrogens with one attached hydrogen (secondary N) is 1. The minimum Gasteiger partial charge on any atom is -0.350 e. The van der Waals surface area contributed by atoms with Crippen molar-refractivity contribution in [2.45, 2.75) is 20.0 Å². The average molecular weight is 256 g/mol. The highest BCUT2D eigenvalue weighted by atomic mass is 16.2. The second-order valence-corrected chi connectivity index (χ2v) is 4.43. The van der Waals surface area contributed by atoms with Gasteiger partial charge in [0, 0.05) is 18.8 Å². The zero-order chi connectivity index (χ0) is 13.7. The monoisotopic (exact) mass is 256 g/mol. The van der Waals surface area contributed by atoms with Crippen LogP contribution in [-0.2, 0) is 17.9 Å². The summed E-state index contributed by atoms with van der Waals surface area (Å²) in [5, 5.41) is 2.80. The van der Waals surface area contributed by atoms with Gasteiger partial charge in [-0.3, -0.25) is 9.59 Å². The van der Waals surface area contributed by atoms with Crippen molar-refractivity contribution in [2.75, 3.05) is 0 Å². The minimum atomic E-state index is -0.170. The largest absolute Gasteiger partial charge is 0.350 e. The van der Waals surface area contributed by atoms with E-state index in [2.05, 4.69) is 5.32 Å². The molecule has 1 amide bonds. The van der Waals surface area contributed by atoms with Crippen LogP contribution in [0, 0.1) is 6.92 Å². The molecule has 4 nitrogen and oxygen atoms in total. The summed E-state index contributed by atoms with van der Waals surface area (Å²) in [5.41, 5.74) is 1.82. The van der Waals surface area contributed by atoms with Crippen molar-refractivity contribution in [3.8, 4) is 0 Å². The number of hydrogen-bond acceptors (Lipinski definition) is 2. The second-order valence-electron chi connectivity index (χ2n) is 4.43. The molecule has 0 aliphatic rings. The highest BCUT2D eigenvalue weighted by molar-refractivity contribution is 5.75. The van der Waals surface area contributed by atoms with E-state index in [9.17, 15) is 9.59 Å². The third-order valence-electron chi connectivity index (χ3n) is 2.78. The van der Waals surface area contributed by atoms with Crippen LogP contribution in [0.4, 0.5) is 0 Å². The van der Waals surface area contributed by atoms with Crippen LogP contribution in [0.5, 0.6) is 0 Å². The van der Waals surface area contributed by atoms with Gasteiger partial charge in [0.25, 0.3) is 5.56 Å². The van der Waals surface area contributed by atoms with E-state index in [4.69, 9.17) is 0 Å². The Kier molecular flexibility index (Phi) is 4.13. The molecule has 98 valence electrons. The molecule has 1 aromatic heterocycles. The van der Waals surface area contributed by atoms with Crippen LogP contribution in [0.3, 0.4) is 0 Å². The summed E-state index contributed by atoms with van der Waals surface area (Å²) < 4.78 is 1.41. The predicted molar refractivity (Wildman–Crippen MR) is 73.7 cm³/mol. The van der Waals surface area contributed by atoms with Gasteiger partial charge in [0.1, 0.15) is 6.54 Å². The SMILES string of the molecule is Cc1ccc(=O)n(CC(=O)NCc2ccccc2)c1. The third-order valence-corrected chi connectivity index (χ3v) is 2.78. The lowest BCUT2D eigenvalue weighted by molar-refractivity contribution is -0.121. The van der Waals surface area contributed by atoms with Crippen molar-refractivity contribution in [3.63, 3.8) is 0 Å². The Hall–Kier alpha value is -2.36. The van der Waals surface area contributed by atoms with Gasteiger partial charge in [-0.15, -0.1) is 0 Å². The van der Waals surface area contributed by atoms with Gasteiger partial charge in [-0.2, -0.15) is 0 Å². The molecule has 0 radical (unpaired) electrons. The summed E-state index contributed by atoms with van der Waals surface area (Å²) in [4.78, 5) is 23.3. The number of aryl methyl sites for hydroxylation is 1. The van der Waals surface area contributed by atoms with E-state index in [1.54, 1.807) is 12.3 Å². The van der Waals surface area contributed by atoms with E-state index < -0.39 is 0 Å². The molecule has 4 heteroatoms. The quantitative estimate of drug-likeness (QED) is 0.900. The molecule has 0 saturated carbocycles. The van der Waals surface area contributed by atoms with Gasteiger partial charge in [0.2, 0.25) is 5.91 Å². The molecule has 2 aromatic rings. The van der Waals surface area contributed by atoms with Gasteiger partial charge < -0.3 is 9.88 Å². The molecule has 2 rings (SSSR count). The third kappa shape index (κ3) is 3.81. The molecule has 0 aliphatic carbocycles. The number of aromatic nitrogens is 1. The van der Waals surface area contributed by atoms with Gasteiger partial charge in [-0.1, -0.05) is 36.4 Å². The molecule has 1 aromatic carbocycles. The normalized spacial score (nSPS) is 10.2. The van der Waals surface area contributed by atoms with Crippen molar-refractivity contribution >= 4 is 5.91 Å². The molecule has 0 saturated heterocycles. The van der Waals surface area contributed by atoms with E-state index in [0.29, 0.717) is 6.54 Å². The standard InChI is InChI=1S/C15H16N2O2/c1-12-7-8-15(19)17(10-12)11-14(18)16-9-13-5-3-2-4-6-13/h2-8,10H,9,11H2,1H3,(H,16,18). The minimum absolute atomic E-state index is 0.0490. The fraction of sp³-hybridized carbons (Fsp3) is 0.200. The maximum absolute atomic E-state index is 11.8. The van der Waals surface area contributed by atoms with Crippen molar-refractivity contribution in [3.05, 3.63) is 70.1 Å². The highest BCUT2D eigenvalue weighted by Crippen LogP contribution is 1.97. The molecule has 1 heterocycles. The van der Waals surface area contributed by atoms with Gasteiger partial charge in [0.05, 0.1) is 0 Å². The Morgan fingerprint density at radius 2 is 1.89 bits per heavy atom. The molecule has 0 unspecified atom stereocenters.